The van der Waals surface area contributed by atoms with Crippen molar-refractivity contribution in [2.75, 3.05) is 25.6 Å². The number of hydrogen-bond donors (Lipinski definition) is 3. The number of imide groups is 1. The third-order valence-electron chi connectivity index (χ3n) is 6.15. The van der Waals surface area contributed by atoms with Crippen LogP contribution in [0.5, 0.6) is 0 Å². The second-order valence-corrected chi connectivity index (χ2v) is 8.00. The monoisotopic (exact) mass is 407 g/mol. The van der Waals surface area contributed by atoms with Crippen LogP contribution in [0, 0.1) is 18.8 Å². The molecular weight excluding hydrogens is 386 g/mol. The van der Waals surface area contributed by atoms with Gasteiger partial charge in [-0.1, -0.05) is 17.7 Å². The molecule has 0 bridgehead atoms. The summed E-state index contributed by atoms with van der Waals surface area (Å²) in [6.45, 7) is 3.64. The lowest BCUT2D eigenvalue weighted by Gasteiger charge is -2.30. The number of ether oxygens (including phenoxy) is 1. The fourth-order valence-electron chi connectivity index (χ4n) is 4.80. The number of rotatable bonds is 4. The van der Waals surface area contributed by atoms with E-state index in [4.69, 9.17) is 16.3 Å². The van der Waals surface area contributed by atoms with Gasteiger partial charge in [0.05, 0.1) is 36.8 Å². The molecule has 0 saturated carbocycles. The number of fused-ring (bicyclic) bond motifs is 4. The van der Waals surface area contributed by atoms with Crippen LogP contribution < -0.4 is 10.6 Å². The largest absolute Gasteiger partial charge is 0.392 e. The van der Waals surface area contributed by atoms with Crippen LogP contribution in [0.4, 0.5) is 5.69 Å². The van der Waals surface area contributed by atoms with E-state index < -0.39 is 47.2 Å². The SMILES string of the molecule is COCCN1C(=O)[C@@H]2[C@H]([C@@H](C)O)N[C@]3(C(=O)Nc4c3ccc(Cl)c4C)[C@@H]2C1=O. The lowest BCUT2D eigenvalue weighted by Crippen LogP contribution is -2.55. The molecular formula is C19H22ClN3O5. The first-order chi connectivity index (χ1) is 13.3. The molecule has 3 N–H and O–H groups in total. The molecule has 1 spiro atoms. The van der Waals surface area contributed by atoms with E-state index in [1.165, 1.54) is 7.11 Å². The fraction of sp³-hybridized carbons (Fsp3) is 0.526. The van der Waals surface area contributed by atoms with Crippen molar-refractivity contribution in [3.63, 3.8) is 0 Å². The highest BCUT2D eigenvalue weighted by Crippen LogP contribution is 2.54. The van der Waals surface area contributed by atoms with Crippen molar-refractivity contribution >= 4 is 35.0 Å². The Morgan fingerprint density at radius 3 is 2.68 bits per heavy atom. The Bertz CT molecular complexity index is 889. The molecule has 5 atom stereocenters. The standard InChI is InChI=1S/C19H22ClN3O5/c1-8-11(20)5-4-10-14(8)21-18(27)19(10)13-12(15(22-19)9(2)24)16(25)23(17(13)26)6-7-28-3/h4-5,9,12-13,15,22,24H,6-7H2,1-3H3,(H,21,27)/t9-,12+,13+,15+,19+/m1/s1. The van der Waals surface area contributed by atoms with Crippen LogP contribution in [0.3, 0.4) is 0 Å². The normalized spacial score (nSPS) is 32.1. The Morgan fingerprint density at radius 1 is 1.32 bits per heavy atom. The summed E-state index contributed by atoms with van der Waals surface area (Å²) in [5.41, 5.74) is 0.389. The second-order valence-electron chi connectivity index (χ2n) is 7.59. The summed E-state index contributed by atoms with van der Waals surface area (Å²) >= 11 is 6.20. The number of benzene rings is 1. The number of nitrogens with zero attached hydrogens (tertiary/aromatic N) is 1. The van der Waals surface area contributed by atoms with E-state index in [2.05, 4.69) is 10.6 Å². The highest BCUT2D eigenvalue weighted by Gasteiger charge is 2.71. The molecule has 3 aliphatic heterocycles. The van der Waals surface area contributed by atoms with Gasteiger partial charge in [-0.15, -0.1) is 0 Å². The minimum atomic E-state index is -1.43. The smallest absolute Gasteiger partial charge is 0.250 e. The average Bonchev–Trinajstić information content (AvgIpc) is 3.23. The maximum atomic E-state index is 13.3. The van der Waals surface area contributed by atoms with Gasteiger partial charge in [-0.25, -0.2) is 0 Å². The zero-order valence-electron chi connectivity index (χ0n) is 15.8. The minimum Gasteiger partial charge on any atom is -0.392 e. The number of carbonyl (C=O) groups excluding carboxylic acids is 3. The number of likely N-dealkylation sites (tertiary alicyclic amines) is 1. The summed E-state index contributed by atoms with van der Waals surface area (Å²) in [6, 6.07) is 2.64. The van der Waals surface area contributed by atoms with Crippen LogP contribution in [0.15, 0.2) is 12.1 Å². The van der Waals surface area contributed by atoms with E-state index in [-0.39, 0.29) is 13.2 Å². The van der Waals surface area contributed by atoms with Gasteiger partial charge in [-0.05, 0) is 25.5 Å². The summed E-state index contributed by atoms with van der Waals surface area (Å²) in [7, 11) is 1.49. The molecule has 9 heteroatoms. The zero-order valence-corrected chi connectivity index (χ0v) is 16.5. The molecule has 2 fully saturated rings. The summed E-state index contributed by atoms with van der Waals surface area (Å²) in [6.07, 6.45) is -0.934. The molecule has 1 aromatic carbocycles. The Hall–Kier alpha value is -2.00. The van der Waals surface area contributed by atoms with Crippen LogP contribution in [0.25, 0.3) is 0 Å². The molecule has 0 aliphatic carbocycles. The Balaban J connectivity index is 1.88. The van der Waals surface area contributed by atoms with Crippen molar-refractivity contribution in [2.24, 2.45) is 11.8 Å². The van der Waals surface area contributed by atoms with E-state index in [9.17, 15) is 19.5 Å². The molecule has 150 valence electrons. The molecule has 0 unspecified atom stereocenters. The summed E-state index contributed by atoms with van der Waals surface area (Å²) in [4.78, 5) is 40.6. The molecule has 0 radical (unpaired) electrons. The van der Waals surface area contributed by atoms with Gasteiger partial charge < -0.3 is 15.2 Å². The van der Waals surface area contributed by atoms with Crippen molar-refractivity contribution in [3.8, 4) is 0 Å². The lowest BCUT2D eigenvalue weighted by atomic mass is 9.76. The Kier molecular flexibility index (Phi) is 4.50. The highest BCUT2D eigenvalue weighted by atomic mass is 35.5. The van der Waals surface area contributed by atoms with E-state index in [0.717, 1.165) is 4.90 Å². The average molecular weight is 408 g/mol. The van der Waals surface area contributed by atoms with Gasteiger partial charge in [0.1, 0.15) is 5.54 Å². The number of nitrogens with one attached hydrogen (secondary N) is 2. The summed E-state index contributed by atoms with van der Waals surface area (Å²) in [5.74, 6) is -3.02. The first-order valence-electron chi connectivity index (χ1n) is 9.16. The minimum absolute atomic E-state index is 0.109. The zero-order chi connectivity index (χ0) is 20.4. The van der Waals surface area contributed by atoms with Gasteiger partial charge in [0.25, 0.3) is 0 Å². The number of amides is 3. The van der Waals surface area contributed by atoms with Gasteiger partial charge in [-0.2, -0.15) is 0 Å². The van der Waals surface area contributed by atoms with Gasteiger partial charge in [0.15, 0.2) is 0 Å². The first kappa shape index (κ1) is 19.3. The van der Waals surface area contributed by atoms with Crippen LogP contribution in [0.1, 0.15) is 18.1 Å². The van der Waals surface area contributed by atoms with Crippen molar-refractivity contribution in [3.05, 3.63) is 28.3 Å². The van der Waals surface area contributed by atoms with E-state index in [1.807, 2.05) is 0 Å². The topological polar surface area (TPSA) is 108 Å². The molecule has 3 amide bonds. The van der Waals surface area contributed by atoms with Crippen LogP contribution in [-0.4, -0.2) is 60.1 Å². The van der Waals surface area contributed by atoms with E-state index in [0.29, 0.717) is 21.8 Å². The maximum Gasteiger partial charge on any atom is 0.250 e. The van der Waals surface area contributed by atoms with Gasteiger partial charge in [-0.3, -0.25) is 24.6 Å². The molecule has 28 heavy (non-hydrogen) atoms. The number of hydrogen-bond acceptors (Lipinski definition) is 6. The molecule has 0 aromatic heterocycles. The van der Waals surface area contributed by atoms with Crippen molar-refractivity contribution < 1.29 is 24.2 Å². The fourth-order valence-corrected chi connectivity index (χ4v) is 4.95. The molecule has 3 heterocycles. The Labute approximate surface area is 167 Å². The van der Waals surface area contributed by atoms with Crippen LogP contribution >= 0.6 is 11.6 Å². The molecule has 3 aliphatic rings. The summed E-state index contributed by atoms with van der Waals surface area (Å²) < 4.78 is 5.02. The predicted molar refractivity (Wildman–Crippen MR) is 101 cm³/mol. The Morgan fingerprint density at radius 2 is 2.04 bits per heavy atom. The number of aliphatic hydroxyl groups is 1. The second kappa shape index (κ2) is 6.52. The maximum absolute atomic E-state index is 13.3. The third kappa shape index (κ3) is 2.32. The predicted octanol–water partition coefficient (Wildman–Crippen LogP) is 0.396. The van der Waals surface area contributed by atoms with Crippen molar-refractivity contribution in [2.45, 2.75) is 31.5 Å². The molecule has 8 nitrogen and oxygen atoms in total. The number of anilines is 1. The van der Waals surface area contributed by atoms with Gasteiger partial charge >= 0.3 is 0 Å². The first-order valence-corrected chi connectivity index (χ1v) is 9.54. The molecule has 4 rings (SSSR count). The van der Waals surface area contributed by atoms with Crippen molar-refractivity contribution in [1.29, 1.82) is 0 Å². The van der Waals surface area contributed by atoms with Crippen molar-refractivity contribution in [1.82, 2.24) is 10.2 Å². The number of aliphatic hydroxyl groups excluding tert-OH is 1. The summed E-state index contributed by atoms with van der Waals surface area (Å²) in [5, 5.41) is 16.8. The molecule has 2 saturated heterocycles. The highest BCUT2D eigenvalue weighted by molar-refractivity contribution is 6.32. The van der Waals surface area contributed by atoms with Crippen LogP contribution in [0.2, 0.25) is 5.02 Å². The van der Waals surface area contributed by atoms with E-state index in [1.54, 1.807) is 26.0 Å². The quantitative estimate of drug-likeness (QED) is 0.623. The van der Waals surface area contributed by atoms with E-state index >= 15 is 0 Å². The third-order valence-corrected chi connectivity index (χ3v) is 6.56. The van der Waals surface area contributed by atoms with Gasteiger partial charge in [0.2, 0.25) is 17.7 Å². The number of halogens is 1. The van der Waals surface area contributed by atoms with Gasteiger partial charge in [0, 0.05) is 23.7 Å². The number of methoxy groups -OCH3 is 1. The van der Waals surface area contributed by atoms with Crippen LogP contribution in [-0.2, 0) is 24.7 Å². The molecule has 1 aromatic rings. The lowest BCUT2D eigenvalue weighted by molar-refractivity contribution is -0.143. The number of carbonyl (C=O) groups is 3.